The second-order valence-corrected chi connectivity index (χ2v) is 6.73. The van der Waals surface area contributed by atoms with Crippen LogP contribution < -0.4 is 11.1 Å². The van der Waals surface area contributed by atoms with Crippen molar-refractivity contribution in [1.29, 1.82) is 0 Å². The molecule has 0 radical (unpaired) electrons. The fourth-order valence-corrected chi connectivity index (χ4v) is 2.05. The molecule has 1 aromatic rings. The Kier molecular flexibility index (Phi) is 5.52. The second kappa shape index (κ2) is 6.71. The van der Waals surface area contributed by atoms with Crippen LogP contribution in [-0.2, 0) is 10.0 Å². The first kappa shape index (κ1) is 16.4. The monoisotopic (exact) mass is 303 g/mol. The van der Waals surface area contributed by atoms with Crippen molar-refractivity contribution in [3.05, 3.63) is 11.9 Å². The molecule has 0 aliphatic rings. The van der Waals surface area contributed by atoms with E-state index in [0.29, 0.717) is 19.4 Å². The van der Waals surface area contributed by atoms with Gasteiger partial charge in [-0.05, 0) is 12.8 Å². The van der Waals surface area contributed by atoms with Crippen molar-refractivity contribution in [2.45, 2.75) is 25.8 Å². The Hall–Kier alpha value is -1.61. The lowest BCUT2D eigenvalue weighted by atomic mass is 10.1. The van der Waals surface area contributed by atoms with Gasteiger partial charge in [-0.15, -0.1) is 0 Å². The number of sulfonamides is 1. The Morgan fingerprint density at radius 2 is 2.25 bits per heavy atom. The van der Waals surface area contributed by atoms with E-state index < -0.39 is 10.0 Å². The van der Waals surface area contributed by atoms with E-state index in [1.165, 1.54) is 17.5 Å². The van der Waals surface area contributed by atoms with Gasteiger partial charge in [-0.3, -0.25) is 9.89 Å². The number of amides is 1. The summed E-state index contributed by atoms with van der Waals surface area (Å²) in [7, 11) is -1.69. The molecule has 8 nitrogen and oxygen atoms in total. The zero-order chi connectivity index (χ0) is 15.3. The Balaban J connectivity index is 2.56. The fraction of sp³-hybridized carbons (Fsp3) is 0.636. The van der Waals surface area contributed by atoms with Crippen molar-refractivity contribution in [2.75, 3.05) is 25.6 Å². The fourth-order valence-electron chi connectivity index (χ4n) is 1.62. The first-order chi connectivity index (χ1) is 9.25. The number of H-pyrrole nitrogens is 1. The molecule has 0 aliphatic carbocycles. The summed E-state index contributed by atoms with van der Waals surface area (Å²) in [5, 5.41) is 9.08. The van der Waals surface area contributed by atoms with E-state index in [2.05, 4.69) is 15.5 Å². The lowest BCUT2D eigenvalue weighted by molar-refractivity contribution is 0.0929. The number of anilines is 1. The number of hydrogen-bond donors (Lipinski definition) is 3. The van der Waals surface area contributed by atoms with E-state index in [9.17, 15) is 13.2 Å². The average Bonchev–Trinajstić information content (AvgIpc) is 2.78. The summed E-state index contributed by atoms with van der Waals surface area (Å²) in [4.78, 5) is 11.9. The SMILES string of the molecule is CCC(CCN(C)S(C)(=O)=O)NC(=O)c1n[nH]cc1N. The number of hydrogen-bond acceptors (Lipinski definition) is 5. The van der Waals surface area contributed by atoms with Crippen LogP contribution >= 0.6 is 0 Å². The molecule has 114 valence electrons. The summed E-state index contributed by atoms with van der Waals surface area (Å²) in [5.74, 6) is -0.363. The standard InChI is InChI=1S/C11H21N5O3S/c1-4-8(5-6-16(2)20(3,18)19)14-11(17)10-9(12)7-13-15-10/h7-8H,4-6,12H2,1-3H3,(H,13,15)(H,14,17). The number of nitrogens with two attached hydrogens (primary N) is 1. The van der Waals surface area contributed by atoms with Crippen LogP contribution in [0.25, 0.3) is 0 Å². The van der Waals surface area contributed by atoms with Crippen molar-refractivity contribution in [2.24, 2.45) is 0 Å². The summed E-state index contributed by atoms with van der Waals surface area (Å²) in [6.07, 6.45) is 3.80. The third kappa shape index (κ3) is 4.49. The molecule has 1 amide bonds. The molecule has 4 N–H and O–H groups in total. The molecule has 1 atom stereocenters. The molecule has 0 aromatic carbocycles. The van der Waals surface area contributed by atoms with E-state index in [-0.39, 0.29) is 23.3 Å². The van der Waals surface area contributed by atoms with Crippen LogP contribution in [0.4, 0.5) is 5.69 Å². The van der Waals surface area contributed by atoms with Crippen molar-refractivity contribution >= 4 is 21.6 Å². The zero-order valence-electron chi connectivity index (χ0n) is 11.9. The Morgan fingerprint density at radius 3 is 2.70 bits per heavy atom. The molecular weight excluding hydrogens is 282 g/mol. The molecule has 1 unspecified atom stereocenters. The van der Waals surface area contributed by atoms with E-state index in [1.54, 1.807) is 0 Å². The van der Waals surface area contributed by atoms with Gasteiger partial charge in [-0.25, -0.2) is 12.7 Å². The molecule has 0 saturated heterocycles. The van der Waals surface area contributed by atoms with Crippen LogP contribution in [-0.4, -0.2) is 54.7 Å². The predicted molar refractivity (Wildman–Crippen MR) is 76.6 cm³/mol. The van der Waals surface area contributed by atoms with Crippen LogP contribution in [0.3, 0.4) is 0 Å². The Morgan fingerprint density at radius 1 is 1.60 bits per heavy atom. The predicted octanol–water partition coefficient (Wildman–Crippen LogP) is -0.218. The highest BCUT2D eigenvalue weighted by Crippen LogP contribution is 2.08. The van der Waals surface area contributed by atoms with Crippen LogP contribution in [0.5, 0.6) is 0 Å². The highest BCUT2D eigenvalue weighted by Gasteiger charge is 2.18. The van der Waals surface area contributed by atoms with Gasteiger partial charge in [0.15, 0.2) is 5.69 Å². The molecule has 0 bridgehead atoms. The highest BCUT2D eigenvalue weighted by molar-refractivity contribution is 7.88. The van der Waals surface area contributed by atoms with Crippen LogP contribution in [0.1, 0.15) is 30.3 Å². The minimum Gasteiger partial charge on any atom is -0.396 e. The van der Waals surface area contributed by atoms with Crippen molar-refractivity contribution in [1.82, 2.24) is 19.8 Å². The van der Waals surface area contributed by atoms with Gasteiger partial charge in [0.25, 0.3) is 5.91 Å². The lowest BCUT2D eigenvalue weighted by Crippen LogP contribution is -2.38. The molecule has 1 rings (SSSR count). The van der Waals surface area contributed by atoms with Crippen molar-refractivity contribution in [3.8, 4) is 0 Å². The first-order valence-electron chi connectivity index (χ1n) is 6.27. The quantitative estimate of drug-likeness (QED) is 0.643. The second-order valence-electron chi connectivity index (χ2n) is 4.64. The Labute approximate surface area is 118 Å². The average molecular weight is 303 g/mol. The number of aromatic amines is 1. The lowest BCUT2D eigenvalue weighted by Gasteiger charge is -2.20. The minimum atomic E-state index is -3.20. The van der Waals surface area contributed by atoms with Crippen LogP contribution in [0.2, 0.25) is 0 Å². The first-order valence-corrected chi connectivity index (χ1v) is 8.12. The van der Waals surface area contributed by atoms with Crippen molar-refractivity contribution < 1.29 is 13.2 Å². The number of nitrogen functional groups attached to an aromatic ring is 1. The van der Waals surface area contributed by atoms with Gasteiger partial charge in [-0.2, -0.15) is 5.10 Å². The maximum absolute atomic E-state index is 11.9. The molecule has 0 fully saturated rings. The maximum atomic E-state index is 11.9. The van der Waals surface area contributed by atoms with Gasteiger partial charge in [-0.1, -0.05) is 6.92 Å². The normalized spacial score (nSPS) is 13.4. The smallest absolute Gasteiger partial charge is 0.274 e. The van der Waals surface area contributed by atoms with E-state index in [4.69, 9.17) is 5.73 Å². The molecular formula is C11H21N5O3S. The van der Waals surface area contributed by atoms with Gasteiger partial charge in [0.1, 0.15) is 0 Å². The van der Waals surface area contributed by atoms with Crippen molar-refractivity contribution in [3.63, 3.8) is 0 Å². The molecule has 20 heavy (non-hydrogen) atoms. The summed E-state index contributed by atoms with van der Waals surface area (Å²) >= 11 is 0. The Bertz CT molecular complexity index is 554. The zero-order valence-corrected chi connectivity index (χ0v) is 12.7. The van der Waals surface area contributed by atoms with Crippen LogP contribution in [0, 0.1) is 0 Å². The molecule has 9 heteroatoms. The van der Waals surface area contributed by atoms with Gasteiger partial charge >= 0.3 is 0 Å². The molecule has 1 heterocycles. The molecule has 0 spiro atoms. The minimum absolute atomic E-state index is 0.136. The van der Waals surface area contributed by atoms with E-state index in [1.807, 2.05) is 6.92 Å². The topological polar surface area (TPSA) is 121 Å². The maximum Gasteiger partial charge on any atom is 0.274 e. The number of carbonyl (C=O) groups is 1. The van der Waals surface area contributed by atoms with Gasteiger partial charge in [0.05, 0.1) is 11.9 Å². The van der Waals surface area contributed by atoms with E-state index >= 15 is 0 Å². The molecule has 1 aromatic heterocycles. The largest absolute Gasteiger partial charge is 0.396 e. The molecule has 0 aliphatic heterocycles. The number of carbonyl (C=O) groups excluding carboxylic acids is 1. The third-order valence-corrected chi connectivity index (χ3v) is 4.39. The summed E-state index contributed by atoms with van der Waals surface area (Å²) in [6, 6.07) is -0.136. The van der Waals surface area contributed by atoms with Gasteiger partial charge in [0.2, 0.25) is 10.0 Å². The highest BCUT2D eigenvalue weighted by atomic mass is 32.2. The van der Waals surface area contributed by atoms with Gasteiger partial charge < -0.3 is 11.1 Å². The number of nitrogens with zero attached hydrogens (tertiary/aromatic N) is 2. The van der Waals surface area contributed by atoms with Crippen LogP contribution in [0.15, 0.2) is 6.20 Å². The summed E-state index contributed by atoms with van der Waals surface area (Å²) < 4.78 is 23.8. The van der Waals surface area contributed by atoms with Gasteiger partial charge in [0, 0.05) is 25.8 Å². The number of nitrogens with one attached hydrogen (secondary N) is 2. The number of aromatic nitrogens is 2. The summed E-state index contributed by atoms with van der Waals surface area (Å²) in [5.41, 5.74) is 6.03. The molecule has 0 saturated carbocycles. The summed E-state index contributed by atoms with van der Waals surface area (Å²) in [6.45, 7) is 2.26. The third-order valence-electron chi connectivity index (χ3n) is 3.07. The van der Waals surface area contributed by atoms with E-state index in [0.717, 1.165) is 6.26 Å². The number of rotatable bonds is 7.